The van der Waals surface area contributed by atoms with Crippen LogP contribution in [-0.4, -0.2) is 10.9 Å². The van der Waals surface area contributed by atoms with Gasteiger partial charge in [-0.3, -0.25) is 4.79 Å². The molecule has 0 saturated carbocycles. The molecule has 1 unspecified atom stereocenters. The second-order valence-electron chi connectivity index (χ2n) is 6.54. The van der Waals surface area contributed by atoms with E-state index in [4.69, 9.17) is 16.0 Å². The molecule has 3 rings (SSSR count). The zero-order chi connectivity index (χ0) is 21.0. The van der Waals surface area contributed by atoms with Crippen molar-refractivity contribution in [3.8, 4) is 11.3 Å². The molecule has 0 aliphatic rings. The van der Waals surface area contributed by atoms with Crippen LogP contribution in [0, 0.1) is 0 Å². The van der Waals surface area contributed by atoms with Gasteiger partial charge in [0.1, 0.15) is 0 Å². The van der Waals surface area contributed by atoms with Crippen molar-refractivity contribution in [2.75, 3.05) is 0 Å². The van der Waals surface area contributed by atoms with Gasteiger partial charge >= 0.3 is 6.18 Å². The highest BCUT2D eigenvalue weighted by Gasteiger charge is 2.30. The van der Waals surface area contributed by atoms with Crippen LogP contribution in [0.1, 0.15) is 36.4 Å². The third-order valence-electron chi connectivity index (χ3n) is 4.34. The van der Waals surface area contributed by atoms with Gasteiger partial charge in [-0.15, -0.1) is 0 Å². The Bertz CT molecular complexity index is 984. The Morgan fingerprint density at radius 2 is 1.93 bits per heavy atom. The van der Waals surface area contributed by atoms with Crippen molar-refractivity contribution in [2.24, 2.45) is 0 Å². The van der Waals surface area contributed by atoms with E-state index in [0.29, 0.717) is 22.2 Å². The number of hydrogen-bond donors (Lipinski definition) is 1. The first kappa shape index (κ1) is 20.9. The molecule has 0 saturated heterocycles. The molecule has 0 spiro atoms. The predicted molar refractivity (Wildman–Crippen MR) is 103 cm³/mol. The fourth-order valence-corrected chi connectivity index (χ4v) is 2.90. The Kier molecular flexibility index (Phi) is 6.27. The van der Waals surface area contributed by atoms with Gasteiger partial charge in [0.2, 0.25) is 5.91 Å². The number of nitrogens with one attached hydrogen (secondary N) is 1. The summed E-state index contributed by atoms with van der Waals surface area (Å²) in [5.41, 5.74) is 0.454. The minimum absolute atomic E-state index is 0.101. The predicted octanol–water partition coefficient (Wildman–Crippen LogP) is 5.82. The molecule has 0 radical (unpaired) electrons. The van der Waals surface area contributed by atoms with E-state index in [0.717, 1.165) is 17.7 Å². The highest BCUT2D eigenvalue weighted by atomic mass is 35.5. The topological polar surface area (TPSA) is 55.1 Å². The maximum absolute atomic E-state index is 12.8. The molecule has 2 aromatic carbocycles. The highest BCUT2D eigenvalue weighted by molar-refractivity contribution is 6.30. The first-order valence-corrected chi connectivity index (χ1v) is 9.27. The monoisotopic (exact) mass is 422 g/mol. The summed E-state index contributed by atoms with van der Waals surface area (Å²) in [5, 5.41) is 3.31. The van der Waals surface area contributed by atoms with Gasteiger partial charge < -0.3 is 9.73 Å². The van der Waals surface area contributed by atoms with E-state index in [2.05, 4.69) is 10.3 Å². The molecule has 1 heterocycles. The maximum Gasteiger partial charge on any atom is 0.416 e. The van der Waals surface area contributed by atoms with E-state index in [9.17, 15) is 18.0 Å². The molecule has 0 fully saturated rings. The number of carbonyl (C=O) groups is 1. The number of rotatable bonds is 6. The molecule has 0 bridgehead atoms. The number of halogens is 4. The van der Waals surface area contributed by atoms with E-state index >= 15 is 0 Å². The SMILES string of the molecule is CC(NC(=O)CCc1ncc(-c2ccc(Cl)cc2)o1)c1cccc(C(F)(F)F)c1. The zero-order valence-electron chi connectivity index (χ0n) is 15.5. The van der Waals surface area contributed by atoms with Gasteiger partial charge in [0.15, 0.2) is 11.7 Å². The summed E-state index contributed by atoms with van der Waals surface area (Å²) in [7, 11) is 0. The van der Waals surface area contributed by atoms with Crippen molar-refractivity contribution in [1.29, 1.82) is 0 Å². The number of hydrogen-bond acceptors (Lipinski definition) is 3. The lowest BCUT2D eigenvalue weighted by Gasteiger charge is -2.16. The second-order valence-corrected chi connectivity index (χ2v) is 6.97. The lowest BCUT2D eigenvalue weighted by atomic mass is 10.0. The van der Waals surface area contributed by atoms with Crippen molar-refractivity contribution < 1.29 is 22.4 Å². The van der Waals surface area contributed by atoms with Gasteiger partial charge in [-0.2, -0.15) is 13.2 Å². The number of aromatic nitrogens is 1. The fraction of sp³-hybridized carbons (Fsp3) is 0.238. The van der Waals surface area contributed by atoms with Gasteiger partial charge in [-0.1, -0.05) is 23.7 Å². The largest absolute Gasteiger partial charge is 0.441 e. The first-order valence-electron chi connectivity index (χ1n) is 8.89. The minimum atomic E-state index is -4.42. The molecule has 1 aromatic heterocycles. The van der Waals surface area contributed by atoms with Crippen LogP contribution in [0.5, 0.6) is 0 Å². The standard InChI is InChI=1S/C21H18ClF3N2O2/c1-13(15-3-2-4-16(11-15)21(23,24)25)27-19(28)9-10-20-26-12-18(29-20)14-5-7-17(22)8-6-14/h2-8,11-13H,9-10H2,1H3,(H,27,28). The number of alkyl halides is 3. The van der Waals surface area contributed by atoms with Crippen LogP contribution in [0.25, 0.3) is 11.3 Å². The molecule has 0 aliphatic carbocycles. The van der Waals surface area contributed by atoms with Crippen molar-refractivity contribution >= 4 is 17.5 Å². The van der Waals surface area contributed by atoms with E-state index in [1.807, 2.05) is 0 Å². The van der Waals surface area contributed by atoms with Crippen LogP contribution < -0.4 is 5.32 Å². The van der Waals surface area contributed by atoms with E-state index in [1.165, 1.54) is 6.07 Å². The van der Waals surface area contributed by atoms with Crippen LogP contribution in [-0.2, 0) is 17.4 Å². The molecule has 1 atom stereocenters. The summed E-state index contributed by atoms with van der Waals surface area (Å²) in [5.74, 6) is 0.660. The smallest absolute Gasteiger partial charge is 0.416 e. The average molecular weight is 423 g/mol. The molecule has 4 nitrogen and oxygen atoms in total. The number of oxazole rings is 1. The van der Waals surface area contributed by atoms with Crippen molar-refractivity contribution in [3.05, 3.63) is 76.8 Å². The first-order chi connectivity index (χ1) is 13.7. The van der Waals surface area contributed by atoms with Gasteiger partial charge in [0.25, 0.3) is 0 Å². The van der Waals surface area contributed by atoms with Crippen LogP contribution in [0.15, 0.2) is 59.1 Å². The number of aryl methyl sites for hydroxylation is 1. The summed E-state index contributed by atoms with van der Waals surface area (Å²) in [6, 6.07) is 11.4. The number of nitrogens with zero attached hydrogens (tertiary/aromatic N) is 1. The summed E-state index contributed by atoms with van der Waals surface area (Å²) in [6.45, 7) is 1.64. The lowest BCUT2D eigenvalue weighted by molar-refractivity contribution is -0.137. The van der Waals surface area contributed by atoms with Crippen molar-refractivity contribution in [3.63, 3.8) is 0 Å². The number of amides is 1. The molecule has 0 aliphatic heterocycles. The summed E-state index contributed by atoms with van der Waals surface area (Å²) < 4.78 is 44.1. The maximum atomic E-state index is 12.8. The van der Waals surface area contributed by atoms with Crippen LogP contribution in [0.3, 0.4) is 0 Å². The summed E-state index contributed by atoms with van der Waals surface area (Å²) in [6.07, 6.45) is -2.48. The Balaban J connectivity index is 1.56. The van der Waals surface area contributed by atoms with E-state index in [-0.39, 0.29) is 18.7 Å². The Hall–Kier alpha value is -2.80. The zero-order valence-corrected chi connectivity index (χ0v) is 16.2. The Morgan fingerprint density at radius 3 is 2.62 bits per heavy atom. The molecule has 152 valence electrons. The number of benzene rings is 2. The molecular weight excluding hydrogens is 405 g/mol. The molecule has 1 N–H and O–H groups in total. The average Bonchev–Trinajstić information content (AvgIpc) is 3.15. The third-order valence-corrected chi connectivity index (χ3v) is 4.59. The molecule has 3 aromatic rings. The molecule has 1 amide bonds. The van der Waals surface area contributed by atoms with E-state index < -0.39 is 17.8 Å². The van der Waals surface area contributed by atoms with Crippen molar-refractivity contribution in [1.82, 2.24) is 10.3 Å². The van der Waals surface area contributed by atoms with Gasteiger partial charge in [-0.25, -0.2) is 4.98 Å². The molecule has 29 heavy (non-hydrogen) atoms. The molecule has 8 heteroatoms. The van der Waals surface area contributed by atoms with Gasteiger partial charge in [0, 0.05) is 23.4 Å². The normalized spacial score (nSPS) is 12.6. The van der Waals surface area contributed by atoms with Crippen LogP contribution >= 0.6 is 11.6 Å². The Morgan fingerprint density at radius 1 is 1.21 bits per heavy atom. The van der Waals surface area contributed by atoms with Gasteiger partial charge in [0.05, 0.1) is 17.8 Å². The minimum Gasteiger partial charge on any atom is -0.441 e. The number of carbonyl (C=O) groups excluding carboxylic acids is 1. The molecular formula is C21H18ClF3N2O2. The fourth-order valence-electron chi connectivity index (χ4n) is 2.78. The van der Waals surface area contributed by atoms with E-state index in [1.54, 1.807) is 43.5 Å². The third kappa shape index (κ3) is 5.60. The van der Waals surface area contributed by atoms with Gasteiger partial charge in [-0.05, 0) is 48.9 Å². The highest BCUT2D eigenvalue weighted by Crippen LogP contribution is 2.30. The second kappa shape index (κ2) is 8.69. The summed E-state index contributed by atoms with van der Waals surface area (Å²) >= 11 is 5.86. The lowest BCUT2D eigenvalue weighted by Crippen LogP contribution is -2.27. The quantitative estimate of drug-likeness (QED) is 0.544. The van der Waals surface area contributed by atoms with Crippen LogP contribution in [0.4, 0.5) is 13.2 Å². The van der Waals surface area contributed by atoms with Crippen LogP contribution in [0.2, 0.25) is 5.02 Å². The summed E-state index contributed by atoms with van der Waals surface area (Å²) in [4.78, 5) is 16.3. The Labute approximate surface area is 170 Å². The van der Waals surface area contributed by atoms with Crippen molar-refractivity contribution in [2.45, 2.75) is 32.0 Å².